The van der Waals surface area contributed by atoms with Crippen molar-refractivity contribution in [2.45, 2.75) is 6.92 Å². The number of aromatic nitrogens is 4. The largest absolute Gasteiger partial charge is 0.261 e. The molecule has 0 aliphatic heterocycles. The van der Waals surface area contributed by atoms with Crippen LogP contribution in [0.3, 0.4) is 0 Å². The average molecular weight is 166 g/mol. The molecule has 0 unspecified atom stereocenters. The lowest BCUT2D eigenvalue weighted by Crippen LogP contribution is -1.90. The zero-order valence-corrected chi connectivity index (χ0v) is 6.72. The Hall–Kier alpha value is -1.23. The Morgan fingerprint density at radius 2 is 2.45 bits per heavy atom. The van der Waals surface area contributed by atoms with Crippen LogP contribution in [-0.2, 0) is 0 Å². The molecule has 56 valence electrons. The Morgan fingerprint density at radius 1 is 1.64 bits per heavy atom. The van der Waals surface area contributed by atoms with E-state index in [2.05, 4.69) is 15.2 Å². The Morgan fingerprint density at radius 3 is 3.27 bits per heavy atom. The molecule has 1 N–H and O–H groups in total. The summed E-state index contributed by atoms with van der Waals surface area (Å²) in [4.78, 5) is 4.09. The number of hydrogen-bond donors (Lipinski definition) is 1. The standard InChI is InChI=1S/C6H6N4S/c1-4-2-5-9-7-3-10(5)6(11)8-4/h2-3,9H,1H3. The molecule has 5 heteroatoms. The average Bonchev–Trinajstić information content (AvgIpc) is 2.34. The minimum Gasteiger partial charge on any atom is -0.261 e. The first-order valence-corrected chi connectivity index (χ1v) is 3.57. The number of nitrogens with one attached hydrogen (secondary N) is 1. The van der Waals surface area contributed by atoms with E-state index in [1.54, 1.807) is 10.7 Å². The van der Waals surface area contributed by atoms with Crippen molar-refractivity contribution in [3.63, 3.8) is 0 Å². The lowest BCUT2D eigenvalue weighted by Gasteiger charge is -1.92. The van der Waals surface area contributed by atoms with Gasteiger partial charge in [0.2, 0.25) is 4.77 Å². The summed E-state index contributed by atoms with van der Waals surface area (Å²) < 4.78 is 2.26. The molecule has 0 saturated carbocycles. The summed E-state index contributed by atoms with van der Waals surface area (Å²) in [6.07, 6.45) is 1.62. The molecule has 0 fully saturated rings. The van der Waals surface area contributed by atoms with Gasteiger partial charge < -0.3 is 0 Å². The van der Waals surface area contributed by atoms with Crippen LogP contribution >= 0.6 is 12.2 Å². The lowest BCUT2D eigenvalue weighted by atomic mass is 10.4. The highest BCUT2D eigenvalue weighted by Crippen LogP contribution is 2.00. The minimum atomic E-state index is 0.536. The summed E-state index contributed by atoms with van der Waals surface area (Å²) >= 11 is 4.99. The molecule has 0 aliphatic rings. The Balaban J connectivity index is 3.02. The van der Waals surface area contributed by atoms with Gasteiger partial charge in [0, 0.05) is 11.8 Å². The number of nitrogens with zero attached hydrogens (tertiary/aromatic N) is 3. The molecule has 0 amide bonds. The fourth-order valence-corrected chi connectivity index (χ4v) is 1.25. The molecular weight excluding hydrogens is 160 g/mol. The summed E-state index contributed by atoms with van der Waals surface area (Å²) in [5, 5.41) is 6.64. The van der Waals surface area contributed by atoms with Crippen molar-refractivity contribution < 1.29 is 0 Å². The van der Waals surface area contributed by atoms with Crippen LogP contribution in [0.5, 0.6) is 0 Å². The van der Waals surface area contributed by atoms with Gasteiger partial charge in [0.25, 0.3) is 0 Å². The molecule has 2 aromatic rings. The highest BCUT2D eigenvalue weighted by atomic mass is 32.1. The van der Waals surface area contributed by atoms with Crippen LogP contribution in [-0.4, -0.2) is 19.6 Å². The van der Waals surface area contributed by atoms with Gasteiger partial charge in [0.05, 0.1) is 0 Å². The second-order valence-corrected chi connectivity index (χ2v) is 2.66. The molecule has 2 heterocycles. The van der Waals surface area contributed by atoms with Gasteiger partial charge in [-0.3, -0.25) is 9.50 Å². The smallest absolute Gasteiger partial charge is 0.206 e. The molecule has 0 aliphatic carbocycles. The second kappa shape index (κ2) is 2.13. The van der Waals surface area contributed by atoms with Crippen LogP contribution < -0.4 is 0 Å². The van der Waals surface area contributed by atoms with Gasteiger partial charge in [0.1, 0.15) is 12.0 Å². The van der Waals surface area contributed by atoms with Gasteiger partial charge in [-0.05, 0) is 19.1 Å². The molecule has 0 spiro atoms. The zero-order chi connectivity index (χ0) is 7.84. The molecule has 0 radical (unpaired) electrons. The molecular formula is C6H6N4S. The number of H-pyrrole nitrogens is 1. The van der Waals surface area contributed by atoms with Crippen molar-refractivity contribution in [1.82, 2.24) is 19.6 Å². The highest BCUT2D eigenvalue weighted by molar-refractivity contribution is 7.71. The molecule has 11 heavy (non-hydrogen) atoms. The fourth-order valence-electron chi connectivity index (χ4n) is 0.958. The van der Waals surface area contributed by atoms with E-state index < -0.39 is 0 Å². The normalized spacial score (nSPS) is 10.6. The summed E-state index contributed by atoms with van der Waals surface area (Å²) in [5.41, 5.74) is 1.78. The Bertz CT molecular complexity index is 441. The van der Waals surface area contributed by atoms with Gasteiger partial charge in [-0.15, -0.1) is 0 Å². The van der Waals surface area contributed by atoms with Crippen LogP contribution in [0.1, 0.15) is 5.69 Å². The molecule has 0 bridgehead atoms. The maximum Gasteiger partial charge on any atom is 0.206 e. The summed E-state index contributed by atoms with van der Waals surface area (Å²) in [6, 6.07) is 1.89. The van der Waals surface area contributed by atoms with Gasteiger partial charge in [-0.25, -0.2) is 4.98 Å². The van der Waals surface area contributed by atoms with Crippen molar-refractivity contribution >= 4 is 17.9 Å². The van der Waals surface area contributed by atoms with E-state index in [9.17, 15) is 0 Å². The number of hydrogen-bond acceptors (Lipinski definition) is 3. The van der Waals surface area contributed by atoms with Crippen molar-refractivity contribution in [2.75, 3.05) is 0 Å². The maximum absolute atomic E-state index is 4.99. The quantitative estimate of drug-likeness (QED) is 0.596. The Kier molecular flexibility index (Phi) is 1.25. The summed E-state index contributed by atoms with van der Waals surface area (Å²) in [5.74, 6) is 0. The van der Waals surface area contributed by atoms with E-state index in [-0.39, 0.29) is 0 Å². The third-order valence-corrected chi connectivity index (χ3v) is 1.72. The predicted octanol–water partition coefficient (Wildman–Crippen LogP) is 1.10. The number of fused-ring (bicyclic) bond motifs is 1. The van der Waals surface area contributed by atoms with Crippen LogP contribution in [0.15, 0.2) is 12.4 Å². The van der Waals surface area contributed by atoms with E-state index in [0.717, 1.165) is 11.3 Å². The summed E-state index contributed by atoms with van der Waals surface area (Å²) in [7, 11) is 0. The highest BCUT2D eigenvalue weighted by Gasteiger charge is 1.95. The lowest BCUT2D eigenvalue weighted by molar-refractivity contribution is 1.01. The number of aromatic amines is 1. The molecule has 4 nitrogen and oxygen atoms in total. The third kappa shape index (κ3) is 0.932. The molecule has 2 rings (SSSR count). The summed E-state index contributed by atoms with van der Waals surface area (Å²) in [6.45, 7) is 1.90. The Labute approximate surface area is 67.9 Å². The maximum atomic E-state index is 4.99. The fraction of sp³-hybridized carbons (Fsp3) is 0.167. The molecule has 0 aromatic carbocycles. The first kappa shape index (κ1) is 6.48. The van der Waals surface area contributed by atoms with E-state index in [1.807, 2.05) is 13.0 Å². The van der Waals surface area contributed by atoms with E-state index >= 15 is 0 Å². The second-order valence-electron chi connectivity index (χ2n) is 2.29. The van der Waals surface area contributed by atoms with E-state index in [1.165, 1.54) is 0 Å². The van der Waals surface area contributed by atoms with Crippen molar-refractivity contribution in [1.29, 1.82) is 0 Å². The van der Waals surface area contributed by atoms with Crippen molar-refractivity contribution in [3.05, 3.63) is 22.9 Å². The minimum absolute atomic E-state index is 0.536. The first-order valence-electron chi connectivity index (χ1n) is 3.17. The van der Waals surface area contributed by atoms with E-state index in [0.29, 0.717) is 4.77 Å². The van der Waals surface area contributed by atoms with Crippen LogP contribution in [0.25, 0.3) is 5.65 Å². The zero-order valence-electron chi connectivity index (χ0n) is 5.90. The monoisotopic (exact) mass is 166 g/mol. The van der Waals surface area contributed by atoms with Crippen molar-refractivity contribution in [3.8, 4) is 0 Å². The van der Waals surface area contributed by atoms with Crippen LogP contribution in [0.2, 0.25) is 0 Å². The van der Waals surface area contributed by atoms with E-state index in [4.69, 9.17) is 12.2 Å². The van der Waals surface area contributed by atoms with Crippen molar-refractivity contribution in [2.24, 2.45) is 0 Å². The van der Waals surface area contributed by atoms with Gasteiger partial charge in [0.15, 0.2) is 0 Å². The van der Waals surface area contributed by atoms with Crippen LogP contribution in [0, 0.1) is 11.7 Å². The number of rotatable bonds is 0. The SMILES string of the molecule is Cc1cc2[nH]ncn2c(=S)n1. The molecule has 2 aromatic heterocycles. The molecule has 0 saturated heterocycles. The number of aryl methyl sites for hydroxylation is 1. The molecule has 0 atom stereocenters. The predicted molar refractivity (Wildman–Crippen MR) is 42.9 cm³/mol. The van der Waals surface area contributed by atoms with Crippen LogP contribution in [0.4, 0.5) is 0 Å². The van der Waals surface area contributed by atoms with Gasteiger partial charge in [-0.1, -0.05) is 0 Å². The topological polar surface area (TPSA) is 46.0 Å². The van der Waals surface area contributed by atoms with Gasteiger partial charge >= 0.3 is 0 Å². The third-order valence-electron chi connectivity index (χ3n) is 1.44. The van der Waals surface area contributed by atoms with Gasteiger partial charge in [-0.2, -0.15) is 5.10 Å². The first-order chi connectivity index (χ1) is 5.27.